The predicted octanol–water partition coefficient (Wildman–Crippen LogP) is 1.91. The van der Waals surface area contributed by atoms with Crippen molar-refractivity contribution in [2.45, 2.75) is 0 Å². The Morgan fingerprint density at radius 3 is 2.92 bits per heavy atom. The molecule has 2 aromatic heterocycles. The van der Waals surface area contributed by atoms with E-state index in [1.807, 2.05) is 0 Å². The number of nitrogens with two attached hydrogens (primary N) is 1. The van der Waals surface area contributed by atoms with E-state index in [0.29, 0.717) is 22.3 Å². The van der Waals surface area contributed by atoms with E-state index in [0.717, 1.165) is 0 Å². The van der Waals surface area contributed by atoms with Crippen LogP contribution in [0, 0.1) is 0 Å². The first-order chi connectivity index (χ1) is 5.79. The third-order valence-electron chi connectivity index (χ3n) is 1.51. The third-order valence-corrected chi connectivity index (χ3v) is 1.80. The molecule has 3 N–H and O–H groups in total. The number of nitrogens with one attached hydrogen (secondary N) is 1. The number of aromatic nitrogens is 2. The minimum atomic E-state index is 0.335. The molecule has 0 aromatic carbocycles. The van der Waals surface area contributed by atoms with Gasteiger partial charge in [-0.1, -0.05) is 11.6 Å². The lowest BCUT2D eigenvalue weighted by atomic mass is 10.3. The smallest absolute Gasteiger partial charge is 0.156 e. The van der Waals surface area contributed by atoms with Crippen LogP contribution in [-0.4, -0.2) is 10.2 Å². The highest BCUT2D eigenvalue weighted by atomic mass is 35.5. The molecule has 0 spiro atoms. The van der Waals surface area contributed by atoms with Gasteiger partial charge in [-0.25, -0.2) is 0 Å². The maximum atomic E-state index is 5.66. The van der Waals surface area contributed by atoms with Gasteiger partial charge >= 0.3 is 0 Å². The Hall–Kier alpha value is -1.42. The lowest BCUT2D eigenvalue weighted by molar-refractivity contribution is 0.580. The Labute approximate surface area is 73.3 Å². The highest BCUT2D eigenvalue weighted by molar-refractivity contribution is 6.32. The number of aromatic amines is 1. The quantitative estimate of drug-likeness (QED) is 0.710. The lowest BCUT2D eigenvalue weighted by Gasteiger charge is -1.90. The van der Waals surface area contributed by atoms with Crippen molar-refractivity contribution in [1.29, 1.82) is 0 Å². The summed E-state index contributed by atoms with van der Waals surface area (Å²) < 4.78 is 5.09. The maximum absolute atomic E-state index is 5.66. The summed E-state index contributed by atoms with van der Waals surface area (Å²) in [4.78, 5) is 0. The first-order valence-corrected chi connectivity index (χ1v) is 3.70. The fraction of sp³-hybridized carbons (Fsp3) is 0. The average molecular weight is 184 g/mol. The molecule has 0 radical (unpaired) electrons. The Morgan fingerprint density at radius 1 is 1.58 bits per heavy atom. The Kier molecular flexibility index (Phi) is 1.55. The first kappa shape index (κ1) is 7.24. The van der Waals surface area contributed by atoms with Crippen molar-refractivity contribution in [3.63, 3.8) is 0 Å². The predicted molar refractivity (Wildman–Crippen MR) is 45.7 cm³/mol. The minimum absolute atomic E-state index is 0.335. The van der Waals surface area contributed by atoms with Crippen molar-refractivity contribution in [3.05, 3.63) is 23.5 Å². The number of nitrogen functional groups attached to an aromatic ring is 1. The number of halogens is 1. The molecular weight excluding hydrogens is 178 g/mol. The molecule has 0 aliphatic rings. The Morgan fingerprint density at radius 2 is 2.42 bits per heavy atom. The summed E-state index contributed by atoms with van der Waals surface area (Å²) >= 11 is 5.66. The number of nitrogens with zero attached hydrogens (tertiary/aromatic N) is 1. The molecule has 12 heavy (non-hydrogen) atoms. The van der Waals surface area contributed by atoms with Crippen molar-refractivity contribution < 1.29 is 4.42 Å². The van der Waals surface area contributed by atoms with Crippen LogP contribution in [0.3, 0.4) is 0 Å². The number of hydrogen-bond donors (Lipinski definition) is 2. The number of rotatable bonds is 1. The van der Waals surface area contributed by atoms with Gasteiger partial charge in [0, 0.05) is 0 Å². The molecule has 0 fully saturated rings. The van der Waals surface area contributed by atoms with E-state index in [1.165, 1.54) is 0 Å². The van der Waals surface area contributed by atoms with Gasteiger partial charge in [-0.05, 0) is 12.1 Å². The standard InChI is InChI=1S/C7H6ClN3O/c8-7-5(9)6(10-11-7)4-2-1-3-12-4/h1-3H,9H2,(H,10,11). The molecular formula is C7H6ClN3O. The van der Waals surface area contributed by atoms with Crippen molar-refractivity contribution in [2.24, 2.45) is 0 Å². The van der Waals surface area contributed by atoms with Crippen molar-refractivity contribution >= 4 is 17.3 Å². The van der Waals surface area contributed by atoms with Crippen LogP contribution in [0.4, 0.5) is 5.69 Å². The minimum Gasteiger partial charge on any atom is -0.463 e. The highest BCUT2D eigenvalue weighted by Gasteiger charge is 2.11. The van der Waals surface area contributed by atoms with Gasteiger partial charge in [-0.3, -0.25) is 5.10 Å². The second-order valence-electron chi connectivity index (χ2n) is 2.28. The molecule has 0 bridgehead atoms. The Bertz CT molecular complexity index is 379. The lowest BCUT2D eigenvalue weighted by Crippen LogP contribution is -1.85. The molecule has 4 nitrogen and oxygen atoms in total. The normalized spacial score (nSPS) is 10.4. The summed E-state index contributed by atoms with van der Waals surface area (Å²) in [6.45, 7) is 0. The largest absolute Gasteiger partial charge is 0.463 e. The van der Waals surface area contributed by atoms with Crippen LogP contribution in [0.1, 0.15) is 0 Å². The number of H-pyrrole nitrogens is 1. The van der Waals surface area contributed by atoms with Crippen LogP contribution in [-0.2, 0) is 0 Å². The Balaban J connectivity index is 2.55. The van der Waals surface area contributed by atoms with Crippen LogP contribution in [0.2, 0.25) is 5.15 Å². The van der Waals surface area contributed by atoms with Gasteiger partial charge in [-0.15, -0.1) is 0 Å². The van der Waals surface area contributed by atoms with E-state index in [1.54, 1.807) is 18.4 Å². The summed E-state index contributed by atoms with van der Waals surface area (Å²) in [6.07, 6.45) is 1.55. The number of hydrogen-bond acceptors (Lipinski definition) is 3. The van der Waals surface area contributed by atoms with Crippen LogP contribution >= 0.6 is 11.6 Å². The van der Waals surface area contributed by atoms with E-state index < -0.39 is 0 Å². The molecule has 5 heteroatoms. The van der Waals surface area contributed by atoms with Gasteiger partial charge < -0.3 is 10.2 Å². The van der Waals surface area contributed by atoms with Gasteiger partial charge in [0.05, 0.1) is 6.26 Å². The van der Waals surface area contributed by atoms with Gasteiger partial charge in [0.1, 0.15) is 10.8 Å². The molecule has 0 amide bonds. The second kappa shape index (κ2) is 2.57. The molecule has 0 saturated carbocycles. The molecule has 2 aromatic rings. The maximum Gasteiger partial charge on any atom is 0.156 e. The first-order valence-electron chi connectivity index (χ1n) is 3.32. The molecule has 2 rings (SSSR count). The van der Waals surface area contributed by atoms with E-state index in [2.05, 4.69) is 10.2 Å². The average Bonchev–Trinajstić information content (AvgIpc) is 2.64. The van der Waals surface area contributed by atoms with Gasteiger partial charge in [0.15, 0.2) is 11.5 Å². The van der Waals surface area contributed by atoms with E-state index in [-0.39, 0.29) is 0 Å². The van der Waals surface area contributed by atoms with Crippen LogP contribution in [0.25, 0.3) is 11.5 Å². The number of furan rings is 1. The van der Waals surface area contributed by atoms with Crippen molar-refractivity contribution in [3.8, 4) is 11.5 Å². The van der Waals surface area contributed by atoms with E-state index >= 15 is 0 Å². The van der Waals surface area contributed by atoms with Crippen LogP contribution in [0.15, 0.2) is 22.8 Å². The molecule has 2 heterocycles. The van der Waals surface area contributed by atoms with Gasteiger partial charge in [-0.2, -0.15) is 5.10 Å². The highest BCUT2D eigenvalue weighted by Crippen LogP contribution is 2.28. The molecule has 0 unspecified atom stereocenters. The SMILES string of the molecule is Nc1c(-c2ccco2)n[nH]c1Cl. The zero-order valence-electron chi connectivity index (χ0n) is 6.04. The monoisotopic (exact) mass is 183 g/mol. The summed E-state index contributed by atoms with van der Waals surface area (Å²) in [5, 5.41) is 6.77. The third kappa shape index (κ3) is 0.967. The molecule has 62 valence electrons. The van der Waals surface area contributed by atoms with Crippen molar-refractivity contribution in [2.75, 3.05) is 5.73 Å². The van der Waals surface area contributed by atoms with Crippen LogP contribution in [0.5, 0.6) is 0 Å². The van der Waals surface area contributed by atoms with Crippen LogP contribution < -0.4 is 5.73 Å². The zero-order valence-corrected chi connectivity index (χ0v) is 6.80. The molecule has 0 saturated heterocycles. The summed E-state index contributed by atoms with van der Waals surface area (Å²) in [7, 11) is 0. The molecule has 0 aliphatic carbocycles. The second-order valence-corrected chi connectivity index (χ2v) is 2.66. The molecule has 0 atom stereocenters. The fourth-order valence-corrected chi connectivity index (χ4v) is 1.06. The van der Waals surface area contributed by atoms with Crippen molar-refractivity contribution in [1.82, 2.24) is 10.2 Å². The zero-order chi connectivity index (χ0) is 8.55. The summed E-state index contributed by atoms with van der Waals surface area (Å²) in [5.41, 5.74) is 6.56. The van der Waals surface area contributed by atoms with E-state index in [4.69, 9.17) is 21.8 Å². The van der Waals surface area contributed by atoms with Gasteiger partial charge in [0.25, 0.3) is 0 Å². The van der Waals surface area contributed by atoms with Gasteiger partial charge in [0.2, 0.25) is 0 Å². The van der Waals surface area contributed by atoms with E-state index in [9.17, 15) is 0 Å². The fourth-order valence-electron chi connectivity index (χ4n) is 0.931. The molecule has 0 aliphatic heterocycles. The summed E-state index contributed by atoms with van der Waals surface area (Å²) in [6, 6.07) is 3.53. The topological polar surface area (TPSA) is 67.8 Å². The number of anilines is 1. The summed E-state index contributed by atoms with van der Waals surface area (Å²) in [5.74, 6) is 0.607.